The minimum Gasteiger partial charge on any atom is -0.483 e. The van der Waals surface area contributed by atoms with Gasteiger partial charge in [0, 0.05) is 18.9 Å². The summed E-state index contributed by atoms with van der Waals surface area (Å²) in [7, 11) is 0. The molecule has 0 fully saturated rings. The van der Waals surface area contributed by atoms with Gasteiger partial charge < -0.3 is 9.67 Å². The highest BCUT2D eigenvalue weighted by atomic mass is 16.3. The van der Waals surface area contributed by atoms with Crippen LogP contribution in [0.4, 0.5) is 0 Å². The minimum absolute atomic E-state index is 0.250. The molecule has 10 heteroatoms. The van der Waals surface area contributed by atoms with Gasteiger partial charge >= 0.3 is 0 Å². The molecule has 0 spiro atoms. The summed E-state index contributed by atoms with van der Waals surface area (Å²) in [5, 5.41) is 15.3. The lowest BCUT2D eigenvalue weighted by Gasteiger charge is -2.10. The Morgan fingerprint density at radius 3 is 2.59 bits per heavy atom. The van der Waals surface area contributed by atoms with Crippen molar-refractivity contribution in [2.45, 2.75) is 6.54 Å². The van der Waals surface area contributed by atoms with E-state index in [-0.39, 0.29) is 6.47 Å². The fourth-order valence-corrected chi connectivity index (χ4v) is 2.98. The Labute approximate surface area is 164 Å². The third-order valence-electron chi connectivity index (χ3n) is 4.22. The largest absolute Gasteiger partial charge is 0.483 e. The summed E-state index contributed by atoms with van der Waals surface area (Å²) in [6.45, 7) is 0.456. The van der Waals surface area contributed by atoms with Gasteiger partial charge in [0.25, 0.3) is 6.47 Å². The Bertz CT molecular complexity index is 1210. The average Bonchev–Trinajstić information content (AvgIpc) is 3.50. The van der Waals surface area contributed by atoms with Gasteiger partial charge in [0.15, 0.2) is 11.5 Å². The quantitative estimate of drug-likeness (QED) is 0.468. The summed E-state index contributed by atoms with van der Waals surface area (Å²) in [6, 6.07) is 14.1. The Morgan fingerprint density at radius 1 is 1.00 bits per heavy atom. The number of nitrogens with zero attached hydrogens (tertiary/aromatic N) is 8. The summed E-state index contributed by atoms with van der Waals surface area (Å²) in [6.07, 6.45) is 8.53. The fraction of sp³-hybridized carbons (Fsp3) is 0.0526. The molecule has 5 aromatic rings. The number of rotatable bonds is 4. The standard InChI is InChI=1S/C18H14N8.CH2O2/c1-2-16(26-17(3-1)21-12-23-26)18-20-8-9-24(18)10-14-4-6-15(7-5-14)25-13-19-11-22-25;2-1-3/h1-9,11-13H,10H2;1H,(H,2,3). The van der Waals surface area contributed by atoms with Gasteiger partial charge in [0.2, 0.25) is 0 Å². The molecule has 0 aliphatic heterocycles. The maximum absolute atomic E-state index is 8.36. The summed E-state index contributed by atoms with van der Waals surface area (Å²) in [5.74, 6) is 0.849. The van der Waals surface area contributed by atoms with Crippen molar-refractivity contribution in [3.63, 3.8) is 0 Å². The van der Waals surface area contributed by atoms with E-state index < -0.39 is 0 Å². The van der Waals surface area contributed by atoms with Gasteiger partial charge in [-0.25, -0.2) is 24.1 Å². The highest BCUT2D eigenvalue weighted by Crippen LogP contribution is 2.19. The Kier molecular flexibility index (Phi) is 5.06. The second-order valence-electron chi connectivity index (χ2n) is 5.93. The lowest BCUT2D eigenvalue weighted by molar-refractivity contribution is -0.122. The first-order chi connectivity index (χ1) is 14.3. The predicted molar refractivity (Wildman–Crippen MR) is 103 cm³/mol. The highest BCUT2D eigenvalue weighted by Gasteiger charge is 2.11. The lowest BCUT2D eigenvalue weighted by atomic mass is 10.2. The monoisotopic (exact) mass is 388 g/mol. The molecule has 10 nitrogen and oxygen atoms in total. The molecule has 0 unspecified atom stereocenters. The Morgan fingerprint density at radius 2 is 1.83 bits per heavy atom. The molecule has 5 rings (SSSR count). The second-order valence-corrected chi connectivity index (χ2v) is 5.93. The van der Waals surface area contributed by atoms with Crippen molar-refractivity contribution in [3.8, 4) is 17.2 Å². The average molecular weight is 388 g/mol. The molecule has 1 N–H and O–H groups in total. The number of carboxylic acid groups (broad SMARTS) is 1. The van der Waals surface area contributed by atoms with Crippen LogP contribution in [0.15, 0.2) is 73.8 Å². The van der Waals surface area contributed by atoms with Crippen LogP contribution in [0.1, 0.15) is 5.56 Å². The number of carbonyl (C=O) groups is 1. The molecule has 0 atom stereocenters. The van der Waals surface area contributed by atoms with Gasteiger partial charge in [-0.15, -0.1) is 0 Å². The molecule has 0 radical (unpaired) electrons. The van der Waals surface area contributed by atoms with Crippen LogP contribution in [0.3, 0.4) is 0 Å². The summed E-state index contributed by atoms with van der Waals surface area (Å²) in [4.78, 5) is 21.1. The molecule has 0 saturated carbocycles. The molecule has 144 valence electrons. The molecule has 0 aliphatic carbocycles. The van der Waals surface area contributed by atoms with Gasteiger partial charge in [-0.2, -0.15) is 10.2 Å². The van der Waals surface area contributed by atoms with E-state index in [4.69, 9.17) is 9.90 Å². The van der Waals surface area contributed by atoms with E-state index >= 15 is 0 Å². The number of hydrogen-bond acceptors (Lipinski definition) is 6. The summed E-state index contributed by atoms with van der Waals surface area (Å²) >= 11 is 0. The zero-order valence-corrected chi connectivity index (χ0v) is 15.1. The molecule has 4 heterocycles. The van der Waals surface area contributed by atoms with Gasteiger partial charge in [-0.1, -0.05) is 18.2 Å². The number of fused-ring (bicyclic) bond motifs is 1. The minimum atomic E-state index is -0.250. The van der Waals surface area contributed by atoms with Crippen molar-refractivity contribution in [1.82, 2.24) is 38.9 Å². The van der Waals surface area contributed by atoms with Crippen molar-refractivity contribution < 1.29 is 9.90 Å². The SMILES string of the molecule is O=CO.c1cc(-c2nccn2Cc2ccc(-n3cncn3)cc2)n2ncnc2c1. The van der Waals surface area contributed by atoms with E-state index in [9.17, 15) is 0 Å². The zero-order chi connectivity index (χ0) is 20.1. The van der Waals surface area contributed by atoms with Crippen LogP contribution in [0.2, 0.25) is 0 Å². The number of pyridine rings is 1. The summed E-state index contributed by atoms with van der Waals surface area (Å²) in [5.41, 5.74) is 3.85. The Hall–Kier alpha value is -4.34. The molecule has 29 heavy (non-hydrogen) atoms. The van der Waals surface area contributed by atoms with Crippen molar-refractivity contribution in [2.24, 2.45) is 0 Å². The second kappa shape index (κ2) is 8.13. The van der Waals surface area contributed by atoms with Gasteiger partial charge in [0.05, 0.1) is 5.69 Å². The highest BCUT2D eigenvalue weighted by molar-refractivity contribution is 5.56. The third-order valence-corrected chi connectivity index (χ3v) is 4.22. The van der Waals surface area contributed by atoms with Crippen molar-refractivity contribution >= 4 is 12.1 Å². The van der Waals surface area contributed by atoms with E-state index in [2.05, 4.69) is 41.8 Å². The Balaban J connectivity index is 0.000000645. The van der Waals surface area contributed by atoms with E-state index in [1.54, 1.807) is 28.0 Å². The topological polar surface area (TPSA) is 116 Å². The molecule has 0 aliphatic rings. The van der Waals surface area contributed by atoms with Crippen molar-refractivity contribution in [1.29, 1.82) is 0 Å². The molecule has 4 aromatic heterocycles. The van der Waals surface area contributed by atoms with Crippen molar-refractivity contribution in [2.75, 3.05) is 0 Å². The van der Waals surface area contributed by atoms with E-state index in [0.29, 0.717) is 6.54 Å². The first-order valence-electron chi connectivity index (χ1n) is 8.62. The summed E-state index contributed by atoms with van der Waals surface area (Å²) < 4.78 is 5.63. The fourth-order valence-electron chi connectivity index (χ4n) is 2.98. The molecule has 0 bridgehead atoms. The van der Waals surface area contributed by atoms with Crippen LogP contribution in [0.25, 0.3) is 22.9 Å². The van der Waals surface area contributed by atoms with Crippen LogP contribution < -0.4 is 0 Å². The molecule has 1 aromatic carbocycles. The van der Waals surface area contributed by atoms with E-state index in [0.717, 1.165) is 22.9 Å². The van der Waals surface area contributed by atoms with Crippen LogP contribution in [0.5, 0.6) is 0 Å². The van der Waals surface area contributed by atoms with Gasteiger partial charge in [0.1, 0.15) is 24.7 Å². The lowest BCUT2D eigenvalue weighted by Crippen LogP contribution is -2.05. The maximum Gasteiger partial charge on any atom is 0.290 e. The number of benzene rings is 1. The van der Waals surface area contributed by atoms with Crippen LogP contribution >= 0.6 is 0 Å². The number of imidazole rings is 1. The van der Waals surface area contributed by atoms with Gasteiger partial charge in [-0.05, 0) is 29.8 Å². The first-order valence-corrected chi connectivity index (χ1v) is 8.62. The normalized spacial score (nSPS) is 10.5. The predicted octanol–water partition coefficient (Wildman–Crippen LogP) is 1.92. The molecule has 0 amide bonds. The number of hydrogen-bond donors (Lipinski definition) is 1. The third kappa shape index (κ3) is 3.72. The van der Waals surface area contributed by atoms with Crippen LogP contribution in [-0.4, -0.2) is 50.5 Å². The van der Waals surface area contributed by atoms with Crippen molar-refractivity contribution in [3.05, 3.63) is 79.4 Å². The van der Waals surface area contributed by atoms with Gasteiger partial charge in [-0.3, -0.25) is 4.79 Å². The van der Waals surface area contributed by atoms with E-state index in [1.165, 1.54) is 11.9 Å². The van der Waals surface area contributed by atoms with E-state index in [1.807, 2.05) is 36.5 Å². The zero-order valence-electron chi connectivity index (χ0n) is 15.1. The number of aromatic nitrogens is 8. The van der Waals surface area contributed by atoms with Crippen LogP contribution in [0, 0.1) is 0 Å². The molecule has 0 saturated heterocycles. The van der Waals surface area contributed by atoms with Crippen LogP contribution in [-0.2, 0) is 11.3 Å². The first kappa shape index (κ1) is 18.0. The molecular formula is C19H16N8O2. The maximum atomic E-state index is 8.36. The molecular weight excluding hydrogens is 372 g/mol. The smallest absolute Gasteiger partial charge is 0.290 e.